The Morgan fingerprint density at radius 2 is 1.55 bits per heavy atom. The molecule has 2 aliphatic heterocycles. The van der Waals surface area contributed by atoms with Gasteiger partial charge in [-0.15, -0.1) is 0 Å². The van der Waals surface area contributed by atoms with Crippen molar-refractivity contribution in [2.45, 2.75) is 19.8 Å². The van der Waals surface area contributed by atoms with Crippen LogP contribution in [0.2, 0.25) is 5.02 Å². The van der Waals surface area contributed by atoms with Crippen LogP contribution in [0.1, 0.15) is 46.0 Å². The van der Waals surface area contributed by atoms with E-state index in [9.17, 15) is 19.2 Å². The Kier molecular flexibility index (Phi) is 7.87. The smallest absolute Gasteiger partial charge is 0.340 e. The second-order valence-corrected chi connectivity index (χ2v) is 9.01. The fraction of sp³-hybridized carbons (Fsp3) is 0.286. The quantitative estimate of drug-likeness (QED) is 0.368. The Morgan fingerprint density at radius 3 is 2.13 bits per heavy atom. The van der Waals surface area contributed by atoms with Crippen molar-refractivity contribution in [2.75, 3.05) is 33.9 Å². The fourth-order valence-electron chi connectivity index (χ4n) is 4.65. The van der Waals surface area contributed by atoms with Gasteiger partial charge in [0.1, 0.15) is 12.2 Å². The SMILES string of the molecule is CCOC(=O)C1=C(OCCN2C(=O)c3ccccc3C2=O)N(C)C(C)=C(C(=O)OC)[C@@H]1c1ccccc1Cl. The summed E-state index contributed by atoms with van der Waals surface area (Å²) in [5.41, 5.74) is 1.89. The lowest BCUT2D eigenvalue weighted by molar-refractivity contribution is -0.139. The lowest BCUT2D eigenvalue weighted by Crippen LogP contribution is -2.37. The highest BCUT2D eigenvalue weighted by Gasteiger charge is 2.43. The number of allylic oxidation sites excluding steroid dienone is 1. The van der Waals surface area contributed by atoms with Crippen LogP contribution < -0.4 is 0 Å². The van der Waals surface area contributed by atoms with Gasteiger partial charge in [-0.1, -0.05) is 41.9 Å². The first kappa shape index (κ1) is 26.9. The van der Waals surface area contributed by atoms with E-state index in [0.29, 0.717) is 27.4 Å². The van der Waals surface area contributed by atoms with Gasteiger partial charge in [-0.05, 0) is 37.6 Å². The maximum absolute atomic E-state index is 13.4. The molecular formula is C28H27ClN2O7. The number of esters is 2. The maximum atomic E-state index is 13.4. The molecule has 0 aliphatic carbocycles. The van der Waals surface area contributed by atoms with Crippen molar-refractivity contribution in [1.82, 2.24) is 9.80 Å². The Morgan fingerprint density at radius 1 is 0.947 bits per heavy atom. The molecule has 0 saturated heterocycles. The first-order chi connectivity index (χ1) is 18.2. The monoisotopic (exact) mass is 538 g/mol. The molecule has 198 valence electrons. The van der Waals surface area contributed by atoms with E-state index in [4.69, 9.17) is 25.8 Å². The van der Waals surface area contributed by atoms with Crippen LogP contribution >= 0.6 is 11.6 Å². The van der Waals surface area contributed by atoms with Crippen LogP contribution in [-0.2, 0) is 23.8 Å². The average molecular weight is 539 g/mol. The minimum absolute atomic E-state index is 0.0517. The third-order valence-electron chi connectivity index (χ3n) is 6.55. The van der Waals surface area contributed by atoms with E-state index in [0.717, 1.165) is 4.90 Å². The summed E-state index contributed by atoms with van der Waals surface area (Å²) in [4.78, 5) is 54.5. The number of benzene rings is 2. The molecule has 0 saturated carbocycles. The number of amides is 2. The number of fused-ring (bicyclic) bond motifs is 1. The topological polar surface area (TPSA) is 102 Å². The molecule has 2 aromatic carbocycles. The summed E-state index contributed by atoms with van der Waals surface area (Å²) >= 11 is 6.53. The third-order valence-corrected chi connectivity index (χ3v) is 6.90. The molecule has 2 amide bonds. The van der Waals surface area contributed by atoms with E-state index in [1.165, 1.54) is 7.11 Å². The van der Waals surface area contributed by atoms with Gasteiger partial charge >= 0.3 is 11.9 Å². The Bertz CT molecular complexity index is 1350. The number of hydrogen-bond donors (Lipinski definition) is 0. The molecule has 0 unspecified atom stereocenters. The van der Waals surface area contributed by atoms with Crippen molar-refractivity contribution in [3.63, 3.8) is 0 Å². The van der Waals surface area contributed by atoms with Gasteiger partial charge in [-0.25, -0.2) is 9.59 Å². The predicted octanol–water partition coefficient (Wildman–Crippen LogP) is 3.90. The molecule has 2 aromatic rings. The number of rotatable bonds is 8. The van der Waals surface area contributed by atoms with E-state index in [-0.39, 0.29) is 36.8 Å². The molecular weight excluding hydrogens is 512 g/mol. The second kappa shape index (κ2) is 11.1. The molecule has 4 rings (SSSR count). The average Bonchev–Trinajstić information content (AvgIpc) is 3.15. The highest BCUT2D eigenvalue weighted by atomic mass is 35.5. The molecule has 0 spiro atoms. The molecule has 9 nitrogen and oxygen atoms in total. The van der Waals surface area contributed by atoms with Crippen molar-refractivity contribution in [3.8, 4) is 0 Å². The Labute approximate surface area is 225 Å². The molecule has 2 aliphatic rings. The van der Waals surface area contributed by atoms with E-state index in [1.54, 1.807) is 74.3 Å². The van der Waals surface area contributed by atoms with Gasteiger partial charge < -0.3 is 19.1 Å². The summed E-state index contributed by atoms with van der Waals surface area (Å²) in [5, 5.41) is 0.337. The zero-order chi connectivity index (χ0) is 27.6. The van der Waals surface area contributed by atoms with Crippen LogP contribution in [0.15, 0.2) is 71.3 Å². The van der Waals surface area contributed by atoms with Crippen LogP contribution in [-0.4, -0.2) is 67.5 Å². The number of hydrogen-bond acceptors (Lipinski definition) is 8. The van der Waals surface area contributed by atoms with Gasteiger partial charge in [0.15, 0.2) is 0 Å². The van der Waals surface area contributed by atoms with Gasteiger partial charge in [0, 0.05) is 17.8 Å². The third kappa shape index (κ3) is 4.65. The zero-order valence-electron chi connectivity index (χ0n) is 21.4. The summed E-state index contributed by atoms with van der Waals surface area (Å²) in [7, 11) is 2.89. The van der Waals surface area contributed by atoms with Crippen LogP contribution in [0, 0.1) is 0 Å². The van der Waals surface area contributed by atoms with Crippen molar-refractivity contribution >= 4 is 35.4 Å². The van der Waals surface area contributed by atoms with Gasteiger partial charge in [-0.3, -0.25) is 14.5 Å². The molecule has 10 heteroatoms. The summed E-state index contributed by atoms with van der Waals surface area (Å²) in [6.07, 6.45) is 0. The van der Waals surface area contributed by atoms with Gasteiger partial charge in [0.25, 0.3) is 11.8 Å². The molecule has 1 atom stereocenters. The molecule has 0 fully saturated rings. The van der Waals surface area contributed by atoms with Crippen LogP contribution in [0.5, 0.6) is 0 Å². The standard InChI is InChI=1S/C28H27ClN2O7/c1-5-37-28(35)23-22(19-12-8-9-13-20(19)29)21(27(34)36-4)16(2)30(3)26(23)38-15-14-31-24(32)17-10-6-7-11-18(17)25(31)33/h6-13,22H,5,14-15H2,1-4H3/t22-/m0/s1. The largest absolute Gasteiger partial charge is 0.477 e. The van der Waals surface area contributed by atoms with E-state index in [1.807, 2.05) is 0 Å². The number of imide groups is 1. The highest BCUT2D eigenvalue weighted by Crippen LogP contribution is 2.44. The van der Waals surface area contributed by atoms with E-state index >= 15 is 0 Å². The van der Waals surface area contributed by atoms with Crippen LogP contribution in [0.25, 0.3) is 0 Å². The van der Waals surface area contributed by atoms with Crippen molar-refractivity contribution in [1.29, 1.82) is 0 Å². The van der Waals surface area contributed by atoms with Crippen LogP contribution in [0.3, 0.4) is 0 Å². The first-order valence-corrected chi connectivity index (χ1v) is 12.4. The molecule has 38 heavy (non-hydrogen) atoms. The Balaban J connectivity index is 1.73. The number of ether oxygens (including phenoxy) is 3. The van der Waals surface area contributed by atoms with E-state index < -0.39 is 29.7 Å². The summed E-state index contributed by atoms with van der Waals surface area (Å²) in [6.45, 7) is 3.29. The molecule has 0 bridgehead atoms. The maximum Gasteiger partial charge on any atom is 0.340 e. The highest BCUT2D eigenvalue weighted by molar-refractivity contribution is 6.31. The number of halogens is 1. The normalized spacial score (nSPS) is 17.1. The number of carbonyl (C=O) groups is 4. The number of nitrogens with zero attached hydrogens (tertiary/aromatic N) is 2. The lowest BCUT2D eigenvalue weighted by atomic mass is 9.81. The molecule has 2 heterocycles. The van der Waals surface area contributed by atoms with Gasteiger partial charge in [0.05, 0.1) is 42.9 Å². The first-order valence-electron chi connectivity index (χ1n) is 12.0. The van der Waals surface area contributed by atoms with Crippen LogP contribution in [0.4, 0.5) is 0 Å². The van der Waals surface area contributed by atoms with Gasteiger partial charge in [0.2, 0.25) is 5.88 Å². The van der Waals surface area contributed by atoms with E-state index in [2.05, 4.69) is 0 Å². The van der Waals surface area contributed by atoms with Gasteiger partial charge in [-0.2, -0.15) is 0 Å². The molecule has 0 aromatic heterocycles. The summed E-state index contributed by atoms with van der Waals surface area (Å²) < 4.78 is 16.5. The van der Waals surface area contributed by atoms with Crippen molar-refractivity contribution in [3.05, 3.63) is 93.0 Å². The Hall–Kier alpha value is -4.11. The minimum Gasteiger partial charge on any atom is -0.477 e. The minimum atomic E-state index is -0.944. The number of carbonyl (C=O) groups excluding carboxylic acids is 4. The van der Waals surface area contributed by atoms with Crippen molar-refractivity contribution < 1.29 is 33.4 Å². The lowest BCUT2D eigenvalue weighted by Gasteiger charge is -2.36. The molecule has 0 N–H and O–H groups in total. The second-order valence-electron chi connectivity index (χ2n) is 8.60. The summed E-state index contributed by atoms with van der Waals surface area (Å²) in [5.74, 6) is -2.98. The summed E-state index contributed by atoms with van der Waals surface area (Å²) in [6, 6.07) is 13.4. The predicted molar refractivity (Wildman–Crippen MR) is 138 cm³/mol. The fourth-order valence-corrected chi connectivity index (χ4v) is 4.90. The van der Waals surface area contributed by atoms with Crippen molar-refractivity contribution in [2.24, 2.45) is 0 Å². The molecule has 0 radical (unpaired) electrons. The number of methoxy groups -OCH3 is 1. The zero-order valence-corrected chi connectivity index (χ0v) is 22.2.